The van der Waals surface area contributed by atoms with Crippen LogP contribution in [0.25, 0.3) is 0 Å². The highest BCUT2D eigenvalue weighted by atomic mass is 35.5. The van der Waals surface area contributed by atoms with Gasteiger partial charge in [-0.1, -0.05) is 36.2 Å². The normalized spacial score (nSPS) is 19.1. The molecular formula is C15H20Cl2N2O2. The van der Waals surface area contributed by atoms with E-state index < -0.39 is 0 Å². The Morgan fingerprint density at radius 3 is 2.86 bits per heavy atom. The van der Waals surface area contributed by atoms with Crippen LogP contribution in [0.4, 0.5) is 0 Å². The van der Waals surface area contributed by atoms with Gasteiger partial charge in [-0.3, -0.25) is 9.69 Å². The van der Waals surface area contributed by atoms with E-state index in [-0.39, 0.29) is 12.0 Å². The number of benzene rings is 1. The van der Waals surface area contributed by atoms with Crippen molar-refractivity contribution in [1.82, 2.24) is 9.80 Å². The lowest BCUT2D eigenvalue weighted by Crippen LogP contribution is -2.46. The first-order chi connectivity index (χ1) is 10.0. The van der Waals surface area contributed by atoms with Gasteiger partial charge in [0.25, 0.3) is 0 Å². The average Bonchev–Trinajstić information content (AvgIpc) is 2.50. The SMILES string of the molecule is CCN(C)CC(=O)N1CCO[C@@H](c2ccc(Cl)c(Cl)c2)C1. The molecule has 0 unspecified atom stereocenters. The van der Waals surface area contributed by atoms with Gasteiger partial charge in [-0.15, -0.1) is 0 Å². The summed E-state index contributed by atoms with van der Waals surface area (Å²) in [7, 11) is 1.94. The molecular weight excluding hydrogens is 311 g/mol. The Bertz CT molecular complexity index is 510. The van der Waals surface area contributed by atoms with Crippen molar-refractivity contribution in [3.05, 3.63) is 33.8 Å². The quantitative estimate of drug-likeness (QED) is 0.851. The smallest absolute Gasteiger partial charge is 0.236 e. The molecule has 0 N–H and O–H groups in total. The topological polar surface area (TPSA) is 32.8 Å². The Kier molecular flexibility index (Phi) is 5.88. The Balaban J connectivity index is 2.03. The number of morpholine rings is 1. The Morgan fingerprint density at radius 2 is 2.19 bits per heavy atom. The summed E-state index contributed by atoms with van der Waals surface area (Å²) in [6, 6.07) is 5.46. The van der Waals surface area contributed by atoms with E-state index in [0.717, 1.165) is 12.1 Å². The second-order valence-electron chi connectivity index (χ2n) is 5.20. The van der Waals surface area contributed by atoms with Crippen molar-refractivity contribution in [3.63, 3.8) is 0 Å². The third-order valence-electron chi connectivity index (χ3n) is 3.68. The molecule has 2 rings (SSSR count). The van der Waals surface area contributed by atoms with Gasteiger partial charge in [0.05, 0.1) is 29.7 Å². The monoisotopic (exact) mass is 330 g/mol. The molecule has 0 spiro atoms. The maximum Gasteiger partial charge on any atom is 0.236 e. The van der Waals surface area contributed by atoms with Crippen molar-refractivity contribution in [2.75, 3.05) is 39.8 Å². The summed E-state index contributed by atoms with van der Waals surface area (Å²) in [5, 5.41) is 1.03. The molecule has 1 aromatic rings. The zero-order valence-corrected chi connectivity index (χ0v) is 13.8. The molecule has 116 valence electrons. The van der Waals surface area contributed by atoms with Crippen LogP contribution in [0, 0.1) is 0 Å². The van der Waals surface area contributed by atoms with Gasteiger partial charge in [0.15, 0.2) is 0 Å². The Hall–Kier alpha value is -0.810. The summed E-state index contributed by atoms with van der Waals surface area (Å²) < 4.78 is 5.76. The number of carbonyl (C=O) groups is 1. The number of halogens is 2. The fraction of sp³-hybridized carbons (Fsp3) is 0.533. The Morgan fingerprint density at radius 1 is 1.43 bits per heavy atom. The lowest BCUT2D eigenvalue weighted by molar-refractivity contribution is -0.139. The van der Waals surface area contributed by atoms with E-state index in [2.05, 4.69) is 0 Å². The van der Waals surface area contributed by atoms with Crippen LogP contribution in [-0.2, 0) is 9.53 Å². The van der Waals surface area contributed by atoms with Crippen LogP contribution in [0.15, 0.2) is 18.2 Å². The van der Waals surface area contributed by atoms with Crippen molar-refractivity contribution in [2.24, 2.45) is 0 Å². The number of likely N-dealkylation sites (N-methyl/N-ethyl adjacent to an activating group) is 1. The molecule has 1 amide bonds. The van der Waals surface area contributed by atoms with Crippen molar-refractivity contribution in [3.8, 4) is 0 Å². The van der Waals surface area contributed by atoms with Gasteiger partial charge >= 0.3 is 0 Å². The molecule has 1 saturated heterocycles. The first-order valence-corrected chi connectivity index (χ1v) is 7.79. The Labute approximate surface area is 135 Å². The summed E-state index contributed by atoms with van der Waals surface area (Å²) in [4.78, 5) is 16.1. The second kappa shape index (κ2) is 7.45. The molecule has 1 heterocycles. The maximum atomic E-state index is 12.2. The first kappa shape index (κ1) is 16.6. The molecule has 1 atom stereocenters. The van der Waals surface area contributed by atoms with E-state index >= 15 is 0 Å². The van der Waals surface area contributed by atoms with Crippen molar-refractivity contribution in [1.29, 1.82) is 0 Å². The van der Waals surface area contributed by atoms with Gasteiger partial charge in [-0.05, 0) is 31.3 Å². The second-order valence-corrected chi connectivity index (χ2v) is 6.02. The molecule has 1 aromatic carbocycles. The van der Waals surface area contributed by atoms with Crippen LogP contribution in [0.5, 0.6) is 0 Å². The maximum absolute atomic E-state index is 12.2. The third kappa shape index (κ3) is 4.33. The lowest BCUT2D eigenvalue weighted by atomic mass is 10.1. The van der Waals surface area contributed by atoms with Gasteiger partial charge in [-0.25, -0.2) is 0 Å². The zero-order valence-electron chi connectivity index (χ0n) is 12.3. The number of nitrogens with zero attached hydrogens (tertiary/aromatic N) is 2. The van der Waals surface area contributed by atoms with Crippen LogP contribution >= 0.6 is 23.2 Å². The highest BCUT2D eigenvalue weighted by Crippen LogP contribution is 2.29. The lowest BCUT2D eigenvalue weighted by Gasteiger charge is -2.34. The third-order valence-corrected chi connectivity index (χ3v) is 4.42. The van der Waals surface area contributed by atoms with Gasteiger partial charge < -0.3 is 9.64 Å². The number of hydrogen-bond acceptors (Lipinski definition) is 3. The van der Waals surface area contributed by atoms with E-state index in [9.17, 15) is 4.79 Å². The van der Waals surface area contributed by atoms with E-state index in [1.165, 1.54) is 0 Å². The van der Waals surface area contributed by atoms with Crippen LogP contribution in [0.1, 0.15) is 18.6 Å². The minimum Gasteiger partial charge on any atom is -0.370 e. The van der Waals surface area contributed by atoms with Crippen LogP contribution in [-0.4, -0.2) is 55.5 Å². The molecule has 0 radical (unpaired) electrons. The van der Waals surface area contributed by atoms with Crippen LogP contribution in [0.3, 0.4) is 0 Å². The largest absolute Gasteiger partial charge is 0.370 e. The molecule has 0 bridgehead atoms. The predicted octanol–water partition coefficient (Wildman–Crippen LogP) is 2.85. The average molecular weight is 331 g/mol. The first-order valence-electron chi connectivity index (χ1n) is 7.04. The fourth-order valence-electron chi connectivity index (χ4n) is 2.23. The minimum atomic E-state index is -0.149. The van der Waals surface area contributed by atoms with Crippen molar-refractivity contribution < 1.29 is 9.53 Å². The molecule has 0 saturated carbocycles. The van der Waals surface area contributed by atoms with E-state index in [1.807, 2.05) is 29.8 Å². The van der Waals surface area contributed by atoms with Gasteiger partial charge in [0, 0.05) is 6.54 Å². The number of amides is 1. The molecule has 1 aliphatic rings. The summed E-state index contributed by atoms with van der Waals surface area (Å²) in [5.41, 5.74) is 0.950. The number of ether oxygens (including phenoxy) is 1. The summed E-state index contributed by atoms with van der Waals surface area (Å²) >= 11 is 12.0. The molecule has 4 nitrogen and oxygen atoms in total. The summed E-state index contributed by atoms with van der Waals surface area (Å²) in [5.74, 6) is 0.132. The van der Waals surface area contributed by atoms with Crippen molar-refractivity contribution >= 4 is 29.1 Å². The van der Waals surface area contributed by atoms with E-state index in [4.69, 9.17) is 27.9 Å². The molecule has 1 aliphatic heterocycles. The van der Waals surface area contributed by atoms with E-state index in [1.54, 1.807) is 12.1 Å². The highest BCUT2D eigenvalue weighted by Gasteiger charge is 2.26. The molecule has 0 aromatic heterocycles. The summed E-state index contributed by atoms with van der Waals surface area (Å²) in [6.07, 6.45) is -0.149. The molecule has 0 aliphatic carbocycles. The number of hydrogen-bond donors (Lipinski definition) is 0. The summed E-state index contributed by atoms with van der Waals surface area (Å²) in [6.45, 7) is 5.04. The molecule has 1 fully saturated rings. The predicted molar refractivity (Wildman–Crippen MR) is 84.9 cm³/mol. The highest BCUT2D eigenvalue weighted by molar-refractivity contribution is 6.42. The zero-order chi connectivity index (χ0) is 15.4. The van der Waals surface area contributed by atoms with Crippen LogP contribution in [0.2, 0.25) is 10.0 Å². The van der Waals surface area contributed by atoms with Gasteiger partial charge in [-0.2, -0.15) is 0 Å². The molecule has 6 heteroatoms. The molecule has 21 heavy (non-hydrogen) atoms. The van der Waals surface area contributed by atoms with Crippen LogP contribution < -0.4 is 0 Å². The minimum absolute atomic E-state index is 0.132. The van der Waals surface area contributed by atoms with E-state index in [0.29, 0.717) is 36.3 Å². The number of rotatable bonds is 4. The van der Waals surface area contributed by atoms with Crippen molar-refractivity contribution in [2.45, 2.75) is 13.0 Å². The number of carbonyl (C=O) groups excluding carboxylic acids is 1. The van der Waals surface area contributed by atoms with Gasteiger partial charge in [0.1, 0.15) is 6.10 Å². The fourth-order valence-corrected chi connectivity index (χ4v) is 2.54. The van der Waals surface area contributed by atoms with Gasteiger partial charge in [0.2, 0.25) is 5.91 Å². The standard InChI is InChI=1S/C15H20Cl2N2O2/c1-3-18(2)10-15(20)19-6-7-21-14(9-19)11-4-5-12(16)13(17)8-11/h4-5,8,14H,3,6-7,9-10H2,1-2H3/t14-/m1/s1.